The number of ether oxygens (including phenoxy) is 1. The Morgan fingerprint density at radius 2 is 2.06 bits per heavy atom. The minimum Gasteiger partial charge on any atom is -0.465 e. The molecule has 0 amide bonds. The third-order valence-electron chi connectivity index (χ3n) is 2.34. The molecule has 0 atom stereocenters. The number of nitrogen functional groups attached to an aromatic ring is 1. The summed E-state index contributed by atoms with van der Waals surface area (Å²) >= 11 is 0. The predicted octanol–water partition coefficient (Wildman–Crippen LogP) is 2.18. The van der Waals surface area contributed by atoms with Crippen molar-refractivity contribution in [1.29, 1.82) is 0 Å². The lowest BCUT2D eigenvalue weighted by molar-refractivity contribution is 0.0600. The van der Waals surface area contributed by atoms with Crippen molar-refractivity contribution in [2.45, 2.75) is 26.8 Å². The van der Waals surface area contributed by atoms with E-state index in [2.05, 4.69) is 5.32 Å². The number of nitrogens with one attached hydrogen (secondary N) is 1. The van der Waals surface area contributed by atoms with E-state index < -0.39 is 0 Å². The molecule has 0 aromatic heterocycles. The molecule has 3 N–H and O–H groups in total. The fraction of sp³-hybridized carbons (Fsp3) is 0.417. The lowest BCUT2D eigenvalue weighted by Crippen LogP contribution is -2.15. The summed E-state index contributed by atoms with van der Waals surface area (Å²) in [5.41, 5.74) is 8.67. The van der Waals surface area contributed by atoms with Crippen LogP contribution >= 0.6 is 0 Å². The summed E-state index contributed by atoms with van der Waals surface area (Å²) in [7, 11) is 1.37. The zero-order valence-corrected chi connectivity index (χ0v) is 10.1. The predicted molar refractivity (Wildman–Crippen MR) is 65.7 cm³/mol. The molecule has 0 radical (unpaired) electrons. The molecule has 0 saturated heterocycles. The second-order valence-corrected chi connectivity index (χ2v) is 3.99. The van der Waals surface area contributed by atoms with Crippen molar-refractivity contribution in [3.63, 3.8) is 0 Å². The van der Waals surface area contributed by atoms with Crippen LogP contribution < -0.4 is 11.1 Å². The van der Waals surface area contributed by atoms with E-state index in [-0.39, 0.29) is 12.0 Å². The highest BCUT2D eigenvalue weighted by molar-refractivity contribution is 5.94. The van der Waals surface area contributed by atoms with E-state index in [0.717, 1.165) is 11.3 Å². The molecule has 0 unspecified atom stereocenters. The number of carbonyl (C=O) groups excluding carboxylic acids is 1. The average molecular weight is 222 g/mol. The number of methoxy groups -OCH3 is 1. The van der Waals surface area contributed by atoms with Crippen LogP contribution in [0.1, 0.15) is 29.8 Å². The molecule has 4 heteroatoms. The molecular formula is C12H18N2O2. The van der Waals surface area contributed by atoms with Crippen LogP contribution in [0.3, 0.4) is 0 Å². The van der Waals surface area contributed by atoms with Crippen LogP contribution in [-0.2, 0) is 4.74 Å². The third kappa shape index (κ3) is 2.45. The molecule has 0 aliphatic carbocycles. The molecular weight excluding hydrogens is 204 g/mol. The van der Waals surface area contributed by atoms with E-state index in [9.17, 15) is 4.79 Å². The van der Waals surface area contributed by atoms with Gasteiger partial charge in [0.15, 0.2) is 0 Å². The van der Waals surface area contributed by atoms with Gasteiger partial charge in [0.2, 0.25) is 0 Å². The first-order valence-corrected chi connectivity index (χ1v) is 5.21. The van der Waals surface area contributed by atoms with Crippen molar-refractivity contribution in [2.75, 3.05) is 18.2 Å². The molecule has 0 heterocycles. The fourth-order valence-corrected chi connectivity index (χ4v) is 1.54. The Labute approximate surface area is 95.8 Å². The molecule has 88 valence electrons. The smallest absolute Gasteiger partial charge is 0.338 e. The van der Waals surface area contributed by atoms with Gasteiger partial charge >= 0.3 is 5.97 Å². The zero-order chi connectivity index (χ0) is 12.3. The van der Waals surface area contributed by atoms with Gasteiger partial charge in [-0.1, -0.05) is 0 Å². The summed E-state index contributed by atoms with van der Waals surface area (Å²) in [5.74, 6) is -0.343. The first-order valence-electron chi connectivity index (χ1n) is 5.21. The van der Waals surface area contributed by atoms with Crippen LogP contribution in [0.5, 0.6) is 0 Å². The largest absolute Gasteiger partial charge is 0.465 e. The fourth-order valence-electron chi connectivity index (χ4n) is 1.54. The number of carbonyl (C=O) groups is 1. The topological polar surface area (TPSA) is 64.3 Å². The van der Waals surface area contributed by atoms with Crippen LogP contribution in [0.15, 0.2) is 12.1 Å². The Hall–Kier alpha value is -1.71. The summed E-state index contributed by atoms with van der Waals surface area (Å²) < 4.78 is 4.71. The average Bonchev–Trinajstić information content (AvgIpc) is 2.23. The van der Waals surface area contributed by atoms with Gasteiger partial charge in [0.05, 0.1) is 24.0 Å². The summed E-state index contributed by atoms with van der Waals surface area (Å²) in [6.07, 6.45) is 0. The van der Waals surface area contributed by atoms with Gasteiger partial charge in [-0.2, -0.15) is 0 Å². The minimum absolute atomic E-state index is 0.258. The number of hydrogen-bond acceptors (Lipinski definition) is 4. The van der Waals surface area contributed by atoms with Gasteiger partial charge in [0.1, 0.15) is 0 Å². The first kappa shape index (κ1) is 12.4. The van der Waals surface area contributed by atoms with Crippen molar-refractivity contribution < 1.29 is 9.53 Å². The lowest BCUT2D eigenvalue weighted by Gasteiger charge is -2.17. The van der Waals surface area contributed by atoms with Gasteiger partial charge < -0.3 is 15.8 Å². The van der Waals surface area contributed by atoms with Crippen molar-refractivity contribution in [1.82, 2.24) is 0 Å². The second-order valence-electron chi connectivity index (χ2n) is 3.99. The lowest BCUT2D eigenvalue weighted by atomic mass is 10.0. The summed E-state index contributed by atoms with van der Waals surface area (Å²) in [6.45, 7) is 5.89. The van der Waals surface area contributed by atoms with E-state index >= 15 is 0 Å². The summed E-state index contributed by atoms with van der Waals surface area (Å²) in [6, 6.07) is 3.65. The standard InChI is InChI=1S/C12H18N2O2/c1-7(2)14-11-8(3)9(12(15)16-4)5-6-10(11)13/h5-7,14H,13H2,1-4H3. The normalized spacial score (nSPS) is 10.3. The van der Waals surface area contributed by atoms with E-state index in [4.69, 9.17) is 10.5 Å². The minimum atomic E-state index is -0.343. The van der Waals surface area contributed by atoms with Crippen molar-refractivity contribution in [3.05, 3.63) is 23.3 Å². The number of benzene rings is 1. The number of hydrogen-bond donors (Lipinski definition) is 2. The van der Waals surface area contributed by atoms with Crippen LogP contribution in [0.4, 0.5) is 11.4 Å². The van der Waals surface area contributed by atoms with E-state index in [1.807, 2.05) is 20.8 Å². The summed E-state index contributed by atoms with van der Waals surface area (Å²) in [4.78, 5) is 11.5. The van der Waals surface area contributed by atoms with Crippen LogP contribution in [0, 0.1) is 6.92 Å². The Bertz CT molecular complexity index is 400. The number of anilines is 2. The molecule has 0 aliphatic heterocycles. The molecule has 0 fully saturated rings. The van der Waals surface area contributed by atoms with Gasteiger partial charge in [-0.05, 0) is 38.5 Å². The monoisotopic (exact) mass is 222 g/mol. The van der Waals surface area contributed by atoms with Gasteiger partial charge in [-0.25, -0.2) is 4.79 Å². The number of esters is 1. The molecule has 0 bridgehead atoms. The van der Waals surface area contributed by atoms with E-state index in [1.54, 1.807) is 12.1 Å². The highest BCUT2D eigenvalue weighted by atomic mass is 16.5. The number of rotatable bonds is 3. The quantitative estimate of drug-likeness (QED) is 0.607. The molecule has 0 saturated carbocycles. The molecule has 4 nitrogen and oxygen atoms in total. The van der Waals surface area contributed by atoms with Crippen LogP contribution in [-0.4, -0.2) is 19.1 Å². The highest BCUT2D eigenvalue weighted by Gasteiger charge is 2.14. The maximum Gasteiger partial charge on any atom is 0.338 e. The van der Waals surface area contributed by atoms with Gasteiger partial charge in [-0.3, -0.25) is 0 Å². The Kier molecular flexibility index (Phi) is 3.77. The number of nitrogens with two attached hydrogens (primary N) is 1. The van der Waals surface area contributed by atoms with E-state index in [1.165, 1.54) is 7.11 Å². The van der Waals surface area contributed by atoms with E-state index in [0.29, 0.717) is 11.3 Å². The molecule has 16 heavy (non-hydrogen) atoms. The third-order valence-corrected chi connectivity index (χ3v) is 2.34. The Morgan fingerprint density at radius 3 is 2.56 bits per heavy atom. The van der Waals surface area contributed by atoms with Gasteiger partial charge in [0.25, 0.3) is 0 Å². The van der Waals surface area contributed by atoms with Crippen LogP contribution in [0.25, 0.3) is 0 Å². The molecule has 0 spiro atoms. The van der Waals surface area contributed by atoms with Gasteiger partial charge in [-0.15, -0.1) is 0 Å². The maximum absolute atomic E-state index is 11.5. The Balaban J connectivity index is 3.21. The zero-order valence-electron chi connectivity index (χ0n) is 10.1. The van der Waals surface area contributed by atoms with Crippen LogP contribution in [0.2, 0.25) is 0 Å². The maximum atomic E-state index is 11.5. The van der Waals surface area contributed by atoms with Crippen molar-refractivity contribution in [3.8, 4) is 0 Å². The van der Waals surface area contributed by atoms with Crippen molar-refractivity contribution >= 4 is 17.3 Å². The highest BCUT2D eigenvalue weighted by Crippen LogP contribution is 2.27. The molecule has 0 aliphatic rings. The summed E-state index contributed by atoms with van der Waals surface area (Å²) in [5, 5.41) is 3.23. The Morgan fingerprint density at radius 1 is 1.44 bits per heavy atom. The first-order chi connectivity index (χ1) is 7.47. The molecule has 1 aromatic carbocycles. The van der Waals surface area contributed by atoms with Crippen molar-refractivity contribution in [2.24, 2.45) is 0 Å². The second kappa shape index (κ2) is 4.88. The SMILES string of the molecule is COC(=O)c1ccc(N)c(NC(C)C)c1C. The molecule has 1 aromatic rings. The molecule has 1 rings (SSSR count). The van der Waals surface area contributed by atoms with Gasteiger partial charge in [0, 0.05) is 6.04 Å².